The SMILES string of the molecule is CNC1(C(N)=O)CCC(Sc2cc3ccccc3[nH]2)C1. The zero-order valence-electron chi connectivity index (χ0n) is 11.5. The Labute approximate surface area is 122 Å². The average Bonchev–Trinajstić information content (AvgIpc) is 3.03. The number of H-pyrrole nitrogens is 1. The van der Waals surface area contributed by atoms with Crippen LogP contribution in [0.4, 0.5) is 0 Å². The number of carbonyl (C=O) groups excluding carboxylic acids is 1. The number of hydrogen-bond donors (Lipinski definition) is 3. The smallest absolute Gasteiger partial charge is 0.237 e. The third kappa shape index (κ3) is 2.31. The number of rotatable bonds is 4. The van der Waals surface area contributed by atoms with Gasteiger partial charge in [0.05, 0.1) is 10.6 Å². The molecule has 0 radical (unpaired) electrons. The molecule has 1 aliphatic rings. The van der Waals surface area contributed by atoms with Gasteiger partial charge in [0.2, 0.25) is 5.91 Å². The fraction of sp³-hybridized carbons (Fsp3) is 0.400. The van der Waals surface area contributed by atoms with Crippen LogP contribution in [0, 0.1) is 0 Å². The van der Waals surface area contributed by atoms with Gasteiger partial charge >= 0.3 is 0 Å². The van der Waals surface area contributed by atoms with Gasteiger partial charge in [0.1, 0.15) is 0 Å². The number of fused-ring (bicyclic) bond motifs is 1. The zero-order valence-corrected chi connectivity index (χ0v) is 12.3. The number of thioether (sulfide) groups is 1. The Bertz CT molecular complexity index is 606. The number of carbonyl (C=O) groups is 1. The van der Waals surface area contributed by atoms with Crippen LogP contribution in [0.3, 0.4) is 0 Å². The normalized spacial score (nSPS) is 26.1. The van der Waals surface area contributed by atoms with Crippen LogP contribution < -0.4 is 11.1 Å². The number of aromatic amines is 1. The number of nitrogens with one attached hydrogen (secondary N) is 2. The topological polar surface area (TPSA) is 70.9 Å². The van der Waals surface area contributed by atoms with E-state index in [0.717, 1.165) is 29.8 Å². The number of aromatic nitrogens is 1. The number of primary amides is 1. The number of hydrogen-bond acceptors (Lipinski definition) is 3. The van der Waals surface area contributed by atoms with Crippen molar-refractivity contribution in [3.8, 4) is 0 Å². The first kappa shape index (κ1) is 13.5. The van der Waals surface area contributed by atoms with Gasteiger partial charge in [-0.15, -0.1) is 11.8 Å². The molecule has 1 fully saturated rings. The van der Waals surface area contributed by atoms with Crippen molar-refractivity contribution in [2.24, 2.45) is 5.73 Å². The highest BCUT2D eigenvalue weighted by atomic mass is 32.2. The summed E-state index contributed by atoms with van der Waals surface area (Å²) < 4.78 is 0. The summed E-state index contributed by atoms with van der Waals surface area (Å²) in [5.41, 5.74) is 6.17. The Morgan fingerprint density at radius 2 is 2.30 bits per heavy atom. The van der Waals surface area contributed by atoms with Crippen molar-refractivity contribution in [3.05, 3.63) is 30.3 Å². The summed E-state index contributed by atoms with van der Waals surface area (Å²) in [5.74, 6) is -0.236. The van der Waals surface area contributed by atoms with Gasteiger partial charge in [-0.25, -0.2) is 0 Å². The predicted molar refractivity (Wildman–Crippen MR) is 82.8 cm³/mol. The molecular weight excluding hydrogens is 270 g/mol. The van der Waals surface area contributed by atoms with Gasteiger partial charge in [0.15, 0.2) is 0 Å². The molecule has 1 aromatic carbocycles. The molecule has 0 saturated heterocycles. The maximum Gasteiger partial charge on any atom is 0.237 e. The number of para-hydroxylation sites is 1. The van der Waals surface area contributed by atoms with Crippen molar-refractivity contribution in [1.29, 1.82) is 0 Å². The molecule has 106 valence electrons. The quantitative estimate of drug-likeness (QED) is 0.808. The summed E-state index contributed by atoms with van der Waals surface area (Å²) in [5, 5.41) is 5.93. The summed E-state index contributed by atoms with van der Waals surface area (Å²) in [7, 11) is 1.82. The van der Waals surface area contributed by atoms with E-state index in [1.165, 1.54) is 5.39 Å². The van der Waals surface area contributed by atoms with Crippen LogP contribution in [0.15, 0.2) is 35.4 Å². The lowest BCUT2D eigenvalue weighted by Gasteiger charge is -2.24. The van der Waals surface area contributed by atoms with E-state index in [1.807, 2.05) is 30.9 Å². The van der Waals surface area contributed by atoms with Gasteiger partial charge in [-0.2, -0.15) is 0 Å². The molecule has 2 aromatic rings. The summed E-state index contributed by atoms with van der Waals surface area (Å²) in [6.45, 7) is 0. The highest BCUT2D eigenvalue weighted by molar-refractivity contribution is 7.99. The zero-order chi connectivity index (χ0) is 14.2. The van der Waals surface area contributed by atoms with Crippen LogP contribution in [0.25, 0.3) is 10.9 Å². The van der Waals surface area contributed by atoms with Crippen molar-refractivity contribution in [2.45, 2.75) is 35.1 Å². The fourth-order valence-corrected chi connectivity index (χ4v) is 4.29. The number of nitrogens with two attached hydrogens (primary N) is 1. The second kappa shape index (κ2) is 5.14. The van der Waals surface area contributed by atoms with E-state index in [4.69, 9.17) is 5.73 Å². The molecule has 2 unspecified atom stereocenters. The number of likely N-dealkylation sites (N-methyl/N-ethyl adjacent to an activating group) is 1. The Balaban J connectivity index is 1.74. The van der Waals surface area contributed by atoms with Gasteiger partial charge in [0.25, 0.3) is 0 Å². The van der Waals surface area contributed by atoms with E-state index in [-0.39, 0.29) is 5.91 Å². The number of amides is 1. The maximum absolute atomic E-state index is 11.6. The first-order valence-electron chi connectivity index (χ1n) is 6.86. The van der Waals surface area contributed by atoms with Crippen molar-refractivity contribution in [2.75, 3.05) is 7.05 Å². The average molecular weight is 289 g/mol. The molecule has 0 spiro atoms. The Hall–Kier alpha value is -1.46. The Kier molecular flexibility index (Phi) is 3.48. The first-order valence-corrected chi connectivity index (χ1v) is 7.74. The standard InChI is InChI=1S/C15H19N3OS/c1-17-15(14(16)19)7-6-11(9-15)20-13-8-10-4-2-3-5-12(10)18-13/h2-5,8,11,17-18H,6-7,9H2,1H3,(H2,16,19). The number of benzene rings is 1. The van der Waals surface area contributed by atoms with Crippen molar-refractivity contribution < 1.29 is 4.79 Å². The van der Waals surface area contributed by atoms with Gasteiger partial charge in [-0.1, -0.05) is 18.2 Å². The molecule has 3 rings (SSSR count). The predicted octanol–water partition coefficient (Wildman–Crippen LogP) is 2.26. The van der Waals surface area contributed by atoms with Crippen LogP contribution in [0.2, 0.25) is 0 Å². The highest BCUT2D eigenvalue weighted by Gasteiger charge is 2.43. The van der Waals surface area contributed by atoms with Crippen LogP contribution in [-0.4, -0.2) is 28.7 Å². The fourth-order valence-electron chi connectivity index (χ4n) is 2.96. The summed E-state index contributed by atoms with van der Waals surface area (Å²) >= 11 is 1.81. The molecule has 1 heterocycles. The lowest BCUT2D eigenvalue weighted by atomic mass is 9.97. The minimum Gasteiger partial charge on any atom is -0.368 e. The summed E-state index contributed by atoms with van der Waals surface area (Å²) in [6.07, 6.45) is 2.61. The van der Waals surface area contributed by atoms with Gasteiger partial charge < -0.3 is 16.0 Å². The summed E-state index contributed by atoms with van der Waals surface area (Å²) in [4.78, 5) is 15.1. The molecule has 2 atom stereocenters. The summed E-state index contributed by atoms with van der Waals surface area (Å²) in [6, 6.07) is 10.4. The van der Waals surface area contributed by atoms with Gasteiger partial charge in [-0.05, 0) is 38.4 Å². The van der Waals surface area contributed by atoms with E-state index < -0.39 is 5.54 Å². The second-order valence-corrected chi connectivity index (χ2v) is 6.74. The van der Waals surface area contributed by atoms with Crippen molar-refractivity contribution in [3.63, 3.8) is 0 Å². The maximum atomic E-state index is 11.6. The van der Waals surface area contributed by atoms with Crippen molar-refractivity contribution >= 4 is 28.6 Å². The van der Waals surface area contributed by atoms with E-state index in [0.29, 0.717) is 5.25 Å². The van der Waals surface area contributed by atoms with Crippen molar-refractivity contribution in [1.82, 2.24) is 10.3 Å². The molecule has 5 heteroatoms. The van der Waals surface area contributed by atoms with E-state index in [2.05, 4.69) is 28.5 Å². The monoisotopic (exact) mass is 289 g/mol. The van der Waals surface area contributed by atoms with E-state index >= 15 is 0 Å². The molecule has 0 aliphatic heterocycles. The van der Waals surface area contributed by atoms with Gasteiger partial charge in [0, 0.05) is 16.2 Å². The molecule has 0 bridgehead atoms. The molecule has 20 heavy (non-hydrogen) atoms. The van der Waals surface area contributed by atoms with Crippen LogP contribution in [0.5, 0.6) is 0 Å². The third-order valence-electron chi connectivity index (χ3n) is 4.22. The Morgan fingerprint density at radius 1 is 1.50 bits per heavy atom. The largest absolute Gasteiger partial charge is 0.368 e. The molecule has 1 saturated carbocycles. The molecule has 4 N–H and O–H groups in total. The molecule has 1 amide bonds. The van der Waals surface area contributed by atoms with Crippen LogP contribution in [-0.2, 0) is 4.79 Å². The minimum absolute atomic E-state index is 0.236. The highest BCUT2D eigenvalue weighted by Crippen LogP contribution is 2.40. The molecule has 1 aliphatic carbocycles. The lowest BCUT2D eigenvalue weighted by molar-refractivity contribution is -0.124. The van der Waals surface area contributed by atoms with Crippen LogP contribution in [0.1, 0.15) is 19.3 Å². The third-order valence-corrected chi connectivity index (χ3v) is 5.43. The van der Waals surface area contributed by atoms with E-state index in [1.54, 1.807) is 0 Å². The lowest BCUT2D eigenvalue weighted by Crippen LogP contribution is -2.52. The van der Waals surface area contributed by atoms with E-state index in [9.17, 15) is 4.79 Å². The molecule has 1 aromatic heterocycles. The minimum atomic E-state index is -0.524. The molecule has 4 nitrogen and oxygen atoms in total. The molecular formula is C15H19N3OS. The second-order valence-electron chi connectivity index (χ2n) is 5.40. The first-order chi connectivity index (χ1) is 9.63. The Morgan fingerprint density at radius 3 is 2.95 bits per heavy atom. The van der Waals surface area contributed by atoms with Gasteiger partial charge in [-0.3, -0.25) is 4.79 Å². The van der Waals surface area contributed by atoms with Crippen LogP contribution >= 0.6 is 11.8 Å².